The van der Waals surface area contributed by atoms with Crippen LogP contribution in [0.25, 0.3) is 0 Å². The molecule has 0 saturated heterocycles. The van der Waals surface area contributed by atoms with Gasteiger partial charge in [-0.05, 0) is 13.8 Å². The molecule has 1 heterocycles. The molecule has 0 unspecified atom stereocenters. The molecule has 4 heteroatoms. The molecule has 1 aromatic heterocycles. The van der Waals surface area contributed by atoms with Crippen molar-refractivity contribution in [2.75, 3.05) is 0 Å². The van der Waals surface area contributed by atoms with Crippen LogP contribution < -0.4 is 0 Å². The molecule has 1 aromatic rings. The topological polar surface area (TPSA) is 36.7 Å². The van der Waals surface area contributed by atoms with E-state index in [-0.39, 0.29) is 16.3 Å². The Bertz CT molecular complexity index is 368. The van der Waals surface area contributed by atoms with E-state index < -0.39 is 5.82 Å². The van der Waals surface area contributed by atoms with Gasteiger partial charge in [0.1, 0.15) is 6.07 Å². The van der Waals surface area contributed by atoms with Crippen LogP contribution in [0.4, 0.5) is 4.39 Å². The smallest absolute Gasteiger partial charge is 0.165 e. The predicted octanol–water partition coefficient (Wildman–Crippen LogP) is 2.36. The molecule has 0 aromatic carbocycles. The molecule has 0 atom stereocenters. The number of hydrogen-bond donors (Lipinski definition) is 0. The number of aryl methyl sites for hydroxylation is 1. The SMILES string of the molecule is Cc1nc(Cl)c(F)c(C)c1C#N. The number of pyridine rings is 1. The second-order valence-corrected chi connectivity index (χ2v) is 2.77. The number of halogens is 2. The van der Waals surface area contributed by atoms with Gasteiger partial charge in [-0.3, -0.25) is 0 Å². The first kappa shape index (κ1) is 8.95. The van der Waals surface area contributed by atoms with Gasteiger partial charge in [-0.15, -0.1) is 0 Å². The molecule has 0 aliphatic rings. The Morgan fingerprint density at radius 2 is 2.08 bits per heavy atom. The van der Waals surface area contributed by atoms with Crippen LogP contribution in [0.2, 0.25) is 5.15 Å². The second-order valence-electron chi connectivity index (χ2n) is 2.41. The third kappa shape index (κ3) is 1.26. The third-order valence-corrected chi connectivity index (χ3v) is 1.88. The minimum atomic E-state index is -0.612. The fraction of sp³-hybridized carbons (Fsp3) is 0.250. The van der Waals surface area contributed by atoms with Crippen LogP contribution in [0.3, 0.4) is 0 Å². The largest absolute Gasteiger partial charge is 0.237 e. The van der Waals surface area contributed by atoms with Crippen LogP contribution >= 0.6 is 11.6 Å². The van der Waals surface area contributed by atoms with Gasteiger partial charge in [0, 0.05) is 5.56 Å². The average molecular weight is 185 g/mol. The summed E-state index contributed by atoms with van der Waals surface area (Å²) in [7, 11) is 0. The van der Waals surface area contributed by atoms with Crippen molar-refractivity contribution in [3.05, 3.63) is 27.8 Å². The molecule has 62 valence electrons. The zero-order valence-electron chi connectivity index (χ0n) is 6.65. The molecule has 1 rings (SSSR count). The molecule has 0 N–H and O–H groups in total. The standard InChI is InChI=1S/C8H6ClFN2/c1-4-6(3-11)5(2)12-8(9)7(4)10/h1-2H3. The third-order valence-electron chi connectivity index (χ3n) is 1.62. The van der Waals surface area contributed by atoms with Gasteiger partial charge in [-0.1, -0.05) is 11.6 Å². The van der Waals surface area contributed by atoms with Crippen LogP contribution in [-0.2, 0) is 0 Å². The van der Waals surface area contributed by atoms with Gasteiger partial charge in [0.2, 0.25) is 0 Å². The van der Waals surface area contributed by atoms with Crippen molar-refractivity contribution >= 4 is 11.6 Å². The molecule has 0 spiro atoms. The van der Waals surface area contributed by atoms with E-state index in [0.717, 1.165) is 0 Å². The first-order valence-electron chi connectivity index (χ1n) is 3.30. The minimum Gasteiger partial charge on any atom is -0.237 e. The van der Waals surface area contributed by atoms with Gasteiger partial charge in [0.15, 0.2) is 11.0 Å². The quantitative estimate of drug-likeness (QED) is 0.581. The van der Waals surface area contributed by atoms with Gasteiger partial charge in [-0.25, -0.2) is 9.37 Å². The summed E-state index contributed by atoms with van der Waals surface area (Å²) in [6.07, 6.45) is 0. The van der Waals surface area contributed by atoms with Crippen LogP contribution in [0.15, 0.2) is 0 Å². The number of rotatable bonds is 0. The van der Waals surface area contributed by atoms with Crippen molar-refractivity contribution in [1.82, 2.24) is 4.98 Å². The summed E-state index contributed by atoms with van der Waals surface area (Å²) in [6, 6.07) is 1.87. The Kier molecular flexibility index (Phi) is 2.30. The summed E-state index contributed by atoms with van der Waals surface area (Å²) in [5.74, 6) is -0.612. The highest BCUT2D eigenvalue weighted by molar-refractivity contribution is 6.29. The Morgan fingerprint density at radius 1 is 1.50 bits per heavy atom. The molecule has 0 amide bonds. The van der Waals surface area contributed by atoms with Gasteiger partial charge < -0.3 is 0 Å². The number of nitriles is 1. The van der Waals surface area contributed by atoms with E-state index >= 15 is 0 Å². The van der Waals surface area contributed by atoms with Gasteiger partial charge >= 0.3 is 0 Å². The lowest BCUT2D eigenvalue weighted by Gasteiger charge is -2.03. The molecule has 0 radical (unpaired) electrons. The fourth-order valence-electron chi connectivity index (χ4n) is 0.953. The molecule has 0 bridgehead atoms. The van der Waals surface area contributed by atoms with Crippen molar-refractivity contribution in [2.45, 2.75) is 13.8 Å². The average Bonchev–Trinajstić information content (AvgIpc) is 2.01. The van der Waals surface area contributed by atoms with Crippen LogP contribution in [0.5, 0.6) is 0 Å². The molecule has 0 aliphatic heterocycles. The lowest BCUT2D eigenvalue weighted by molar-refractivity contribution is 0.610. The monoisotopic (exact) mass is 184 g/mol. The molecule has 12 heavy (non-hydrogen) atoms. The van der Waals surface area contributed by atoms with E-state index in [2.05, 4.69) is 4.98 Å². The first-order chi connectivity index (χ1) is 5.57. The molecular weight excluding hydrogens is 179 g/mol. The van der Waals surface area contributed by atoms with E-state index in [9.17, 15) is 4.39 Å². The summed E-state index contributed by atoms with van der Waals surface area (Å²) < 4.78 is 13.0. The van der Waals surface area contributed by atoms with Crippen molar-refractivity contribution in [2.24, 2.45) is 0 Å². The molecule has 0 fully saturated rings. The number of nitrogens with zero attached hydrogens (tertiary/aromatic N) is 2. The molecule has 0 saturated carbocycles. The molecular formula is C8H6ClFN2. The highest BCUT2D eigenvalue weighted by Crippen LogP contribution is 2.20. The minimum absolute atomic E-state index is 0.177. The van der Waals surface area contributed by atoms with Crippen LogP contribution in [0, 0.1) is 31.0 Å². The Hall–Kier alpha value is -1.14. The maximum Gasteiger partial charge on any atom is 0.165 e. The lowest BCUT2D eigenvalue weighted by Crippen LogP contribution is -1.97. The molecule has 2 nitrogen and oxygen atoms in total. The second kappa shape index (κ2) is 3.08. The van der Waals surface area contributed by atoms with E-state index in [1.165, 1.54) is 6.92 Å². The molecule has 0 aliphatic carbocycles. The Balaban J connectivity index is 3.54. The van der Waals surface area contributed by atoms with E-state index in [4.69, 9.17) is 16.9 Å². The van der Waals surface area contributed by atoms with Crippen LogP contribution in [-0.4, -0.2) is 4.98 Å². The van der Waals surface area contributed by atoms with Crippen molar-refractivity contribution in [3.63, 3.8) is 0 Å². The van der Waals surface area contributed by atoms with Crippen LogP contribution in [0.1, 0.15) is 16.8 Å². The van der Waals surface area contributed by atoms with Crippen molar-refractivity contribution < 1.29 is 4.39 Å². The number of hydrogen-bond acceptors (Lipinski definition) is 2. The summed E-state index contributed by atoms with van der Waals surface area (Å²) >= 11 is 5.45. The summed E-state index contributed by atoms with van der Waals surface area (Å²) in [5, 5.41) is 8.44. The maximum atomic E-state index is 13.0. The van der Waals surface area contributed by atoms with Gasteiger partial charge in [0.25, 0.3) is 0 Å². The zero-order chi connectivity index (χ0) is 9.30. The summed E-state index contributed by atoms with van der Waals surface area (Å²) in [4.78, 5) is 3.67. The fourth-order valence-corrected chi connectivity index (χ4v) is 1.22. The lowest BCUT2D eigenvalue weighted by atomic mass is 10.1. The zero-order valence-corrected chi connectivity index (χ0v) is 7.41. The van der Waals surface area contributed by atoms with Gasteiger partial charge in [0.05, 0.1) is 11.3 Å². The highest BCUT2D eigenvalue weighted by atomic mass is 35.5. The number of aromatic nitrogens is 1. The predicted molar refractivity (Wildman–Crippen MR) is 43.4 cm³/mol. The first-order valence-corrected chi connectivity index (χ1v) is 3.68. The summed E-state index contributed by atoms with van der Waals surface area (Å²) in [5.41, 5.74) is 0.980. The Morgan fingerprint density at radius 3 is 2.58 bits per heavy atom. The van der Waals surface area contributed by atoms with Gasteiger partial charge in [-0.2, -0.15) is 5.26 Å². The summed E-state index contributed by atoms with van der Waals surface area (Å²) in [6.45, 7) is 3.13. The van der Waals surface area contributed by atoms with Crippen molar-refractivity contribution in [3.8, 4) is 6.07 Å². The Labute approximate surface area is 74.6 Å². The van der Waals surface area contributed by atoms with E-state index in [1.807, 2.05) is 6.07 Å². The van der Waals surface area contributed by atoms with Crippen molar-refractivity contribution in [1.29, 1.82) is 5.26 Å². The maximum absolute atomic E-state index is 13.0. The highest BCUT2D eigenvalue weighted by Gasteiger charge is 2.12. The van der Waals surface area contributed by atoms with E-state index in [1.54, 1.807) is 6.92 Å². The normalized spacial score (nSPS) is 9.58. The van der Waals surface area contributed by atoms with E-state index in [0.29, 0.717) is 5.69 Å².